The first kappa shape index (κ1) is 16.0. The van der Waals surface area contributed by atoms with Gasteiger partial charge < -0.3 is 10.1 Å². The molecule has 0 aliphatic carbocycles. The molecule has 0 aliphatic heterocycles. The van der Waals surface area contributed by atoms with E-state index >= 15 is 0 Å². The second kappa shape index (κ2) is 7.59. The van der Waals surface area contributed by atoms with Crippen molar-refractivity contribution in [2.24, 2.45) is 0 Å². The summed E-state index contributed by atoms with van der Waals surface area (Å²) in [5.74, 6) is -0.337. The molecule has 0 saturated heterocycles. The molecule has 0 bridgehead atoms. The standard InChI is InChI=1S/C16H15BrClNO2/c1-21-16(20)12-4-5-13(15(17)8-12)10-19-9-11-2-6-14(18)7-3-11/h2-8,19H,9-10H2,1H3. The lowest BCUT2D eigenvalue weighted by molar-refractivity contribution is 0.0600. The molecule has 3 nitrogen and oxygen atoms in total. The van der Waals surface area contributed by atoms with Crippen LogP contribution in [-0.2, 0) is 17.8 Å². The number of ether oxygens (including phenoxy) is 1. The Morgan fingerprint density at radius 2 is 1.90 bits per heavy atom. The number of esters is 1. The molecule has 110 valence electrons. The van der Waals surface area contributed by atoms with Crippen molar-refractivity contribution in [1.82, 2.24) is 5.32 Å². The Morgan fingerprint density at radius 1 is 1.19 bits per heavy atom. The van der Waals surface area contributed by atoms with Crippen molar-refractivity contribution in [2.75, 3.05) is 7.11 Å². The zero-order valence-electron chi connectivity index (χ0n) is 11.5. The van der Waals surface area contributed by atoms with E-state index in [1.54, 1.807) is 12.1 Å². The quantitative estimate of drug-likeness (QED) is 0.805. The van der Waals surface area contributed by atoms with Crippen LogP contribution in [0.3, 0.4) is 0 Å². The lowest BCUT2D eigenvalue weighted by Crippen LogP contribution is -2.13. The maximum atomic E-state index is 11.4. The minimum atomic E-state index is -0.337. The van der Waals surface area contributed by atoms with Gasteiger partial charge in [-0.2, -0.15) is 0 Å². The Balaban J connectivity index is 1.94. The molecule has 5 heteroatoms. The van der Waals surface area contributed by atoms with Gasteiger partial charge in [-0.25, -0.2) is 4.79 Å². The van der Waals surface area contributed by atoms with Gasteiger partial charge in [0.2, 0.25) is 0 Å². The number of hydrogen-bond donors (Lipinski definition) is 1. The molecule has 0 unspecified atom stereocenters. The zero-order valence-corrected chi connectivity index (χ0v) is 13.9. The highest BCUT2D eigenvalue weighted by Gasteiger charge is 2.08. The van der Waals surface area contributed by atoms with Crippen molar-refractivity contribution >= 4 is 33.5 Å². The van der Waals surface area contributed by atoms with Gasteiger partial charge in [-0.15, -0.1) is 0 Å². The van der Waals surface area contributed by atoms with Crippen LogP contribution in [-0.4, -0.2) is 13.1 Å². The largest absolute Gasteiger partial charge is 0.465 e. The average molecular weight is 369 g/mol. The fourth-order valence-electron chi connectivity index (χ4n) is 1.88. The molecule has 2 rings (SSSR count). The summed E-state index contributed by atoms with van der Waals surface area (Å²) < 4.78 is 5.58. The van der Waals surface area contributed by atoms with Crippen molar-refractivity contribution < 1.29 is 9.53 Å². The Morgan fingerprint density at radius 3 is 2.52 bits per heavy atom. The molecular formula is C16H15BrClNO2. The number of hydrogen-bond acceptors (Lipinski definition) is 3. The van der Waals surface area contributed by atoms with Crippen LogP contribution in [0.25, 0.3) is 0 Å². The van der Waals surface area contributed by atoms with Crippen molar-refractivity contribution in [2.45, 2.75) is 13.1 Å². The summed E-state index contributed by atoms with van der Waals surface area (Å²) in [5.41, 5.74) is 2.78. The van der Waals surface area contributed by atoms with Crippen LogP contribution in [0.1, 0.15) is 21.5 Å². The van der Waals surface area contributed by atoms with Gasteiger partial charge in [-0.05, 0) is 35.4 Å². The molecule has 0 radical (unpaired) electrons. The molecule has 0 spiro atoms. The number of carbonyl (C=O) groups excluding carboxylic acids is 1. The highest BCUT2D eigenvalue weighted by Crippen LogP contribution is 2.19. The normalized spacial score (nSPS) is 10.4. The second-order valence-corrected chi connectivity index (χ2v) is 5.82. The van der Waals surface area contributed by atoms with E-state index in [1.807, 2.05) is 30.3 Å². The topological polar surface area (TPSA) is 38.3 Å². The number of methoxy groups -OCH3 is 1. The molecule has 2 aromatic rings. The van der Waals surface area contributed by atoms with E-state index < -0.39 is 0 Å². The summed E-state index contributed by atoms with van der Waals surface area (Å²) in [6.45, 7) is 1.45. The lowest BCUT2D eigenvalue weighted by Gasteiger charge is -2.08. The van der Waals surface area contributed by atoms with E-state index in [-0.39, 0.29) is 5.97 Å². The predicted molar refractivity (Wildman–Crippen MR) is 87.5 cm³/mol. The van der Waals surface area contributed by atoms with Gasteiger partial charge in [0.05, 0.1) is 12.7 Å². The van der Waals surface area contributed by atoms with Crippen LogP contribution in [0.2, 0.25) is 5.02 Å². The fourth-order valence-corrected chi connectivity index (χ4v) is 2.52. The molecule has 0 aliphatic rings. The highest BCUT2D eigenvalue weighted by atomic mass is 79.9. The molecule has 2 aromatic carbocycles. The van der Waals surface area contributed by atoms with Gasteiger partial charge in [0.25, 0.3) is 0 Å². The molecule has 0 saturated carbocycles. The summed E-state index contributed by atoms with van der Waals surface area (Å²) >= 11 is 9.33. The fraction of sp³-hybridized carbons (Fsp3) is 0.188. The van der Waals surface area contributed by atoms with Gasteiger partial charge in [-0.1, -0.05) is 45.7 Å². The van der Waals surface area contributed by atoms with E-state index in [0.29, 0.717) is 12.1 Å². The molecule has 0 heterocycles. The average Bonchev–Trinajstić information content (AvgIpc) is 2.50. The van der Waals surface area contributed by atoms with Crippen LogP contribution < -0.4 is 5.32 Å². The second-order valence-electron chi connectivity index (χ2n) is 4.53. The highest BCUT2D eigenvalue weighted by molar-refractivity contribution is 9.10. The first-order valence-electron chi connectivity index (χ1n) is 6.42. The van der Waals surface area contributed by atoms with Gasteiger partial charge in [-0.3, -0.25) is 0 Å². The van der Waals surface area contributed by atoms with Crippen molar-refractivity contribution in [3.8, 4) is 0 Å². The molecule has 0 fully saturated rings. The van der Waals surface area contributed by atoms with Crippen molar-refractivity contribution in [1.29, 1.82) is 0 Å². The third-order valence-corrected chi connectivity index (χ3v) is 4.02. The maximum Gasteiger partial charge on any atom is 0.337 e. The van der Waals surface area contributed by atoms with Gasteiger partial charge >= 0.3 is 5.97 Å². The summed E-state index contributed by atoms with van der Waals surface area (Å²) in [6.07, 6.45) is 0. The Labute approximate surface area is 137 Å². The minimum absolute atomic E-state index is 0.337. The van der Waals surface area contributed by atoms with Gasteiger partial charge in [0.1, 0.15) is 0 Å². The van der Waals surface area contributed by atoms with E-state index in [2.05, 4.69) is 21.2 Å². The summed E-state index contributed by atoms with van der Waals surface area (Å²) in [4.78, 5) is 11.4. The lowest BCUT2D eigenvalue weighted by atomic mass is 10.1. The molecule has 1 N–H and O–H groups in total. The monoisotopic (exact) mass is 367 g/mol. The molecule has 21 heavy (non-hydrogen) atoms. The maximum absolute atomic E-state index is 11.4. The summed E-state index contributed by atoms with van der Waals surface area (Å²) in [6, 6.07) is 13.2. The van der Waals surface area contributed by atoms with Gasteiger partial charge in [0, 0.05) is 22.6 Å². The molecule has 0 aromatic heterocycles. The Bertz CT molecular complexity index is 629. The van der Waals surface area contributed by atoms with Crippen LogP contribution in [0.15, 0.2) is 46.9 Å². The minimum Gasteiger partial charge on any atom is -0.465 e. The number of halogens is 2. The molecule has 0 atom stereocenters. The Hall–Kier alpha value is -1.36. The number of rotatable bonds is 5. The van der Waals surface area contributed by atoms with E-state index in [9.17, 15) is 4.79 Å². The summed E-state index contributed by atoms with van der Waals surface area (Å²) in [5, 5.41) is 4.09. The molecule has 0 amide bonds. The smallest absolute Gasteiger partial charge is 0.337 e. The van der Waals surface area contributed by atoms with E-state index in [4.69, 9.17) is 16.3 Å². The Kier molecular flexibility index (Phi) is 5.79. The van der Waals surface area contributed by atoms with E-state index in [0.717, 1.165) is 21.6 Å². The predicted octanol–water partition coefficient (Wildman–Crippen LogP) is 4.18. The summed E-state index contributed by atoms with van der Waals surface area (Å²) in [7, 11) is 1.37. The van der Waals surface area contributed by atoms with Crippen molar-refractivity contribution in [3.63, 3.8) is 0 Å². The number of carbonyl (C=O) groups is 1. The van der Waals surface area contributed by atoms with Crippen LogP contribution in [0.4, 0.5) is 0 Å². The van der Waals surface area contributed by atoms with Crippen LogP contribution in [0.5, 0.6) is 0 Å². The van der Waals surface area contributed by atoms with Crippen LogP contribution in [0, 0.1) is 0 Å². The number of benzene rings is 2. The SMILES string of the molecule is COC(=O)c1ccc(CNCc2ccc(Cl)cc2)c(Br)c1. The first-order valence-corrected chi connectivity index (χ1v) is 7.59. The first-order chi connectivity index (χ1) is 10.1. The van der Waals surface area contributed by atoms with Crippen molar-refractivity contribution in [3.05, 3.63) is 68.7 Å². The van der Waals surface area contributed by atoms with Crippen LogP contribution >= 0.6 is 27.5 Å². The third-order valence-electron chi connectivity index (χ3n) is 3.03. The third kappa shape index (κ3) is 4.56. The van der Waals surface area contributed by atoms with Gasteiger partial charge in [0.15, 0.2) is 0 Å². The molecular weight excluding hydrogens is 354 g/mol. The number of nitrogens with one attached hydrogen (secondary N) is 1. The van der Waals surface area contributed by atoms with E-state index in [1.165, 1.54) is 12.7 Å². The zero-order chi connectivity index (χ0) is 15.2.